The van der Waals surface area contributed by atoms with Crippen LogP contribution in [-0.2, 0) is 9.22 Å². The Kier molecular flexibility index (Phi) is 5.72. The molecule has 0 amide bonds. The lowest BCUT2D eigenvalue weighted by atomic mass is 10.2. The van der Waals surface area contributed by atoms with Gasteiger partial charge >= 0.3 is 5.97 Å². The van der Waals surface area contributed by atoms with Gasteiger partial charge in [0.1, 0.15) is 0 Å². The molecule has 0 aromatic carbocycles. The van der Waals surface area contributed by atoms with Gasteiger partial charge in [-0.15, -0.1) is 0 Å². The highest BCUT2D eigenvalue weighted by atomic mass is 28.4. The van der Waals surface area contributed by atoms with Crippen LogP contribution < -0.4 is 0 Å². The maximum absolute atomic E-state index is 10.5. The second-order valence-corrected chi connectivity index (χ2v) is 8.23. The van der Waals surface area contributed by atoms with Crippen molar-refractivity contribution < 1.29 is 14.3 Å². The number of hydrogen-bond acceptors (Lipinski definition) is 2. The molecule has 0 radical (unpaired) electrons. The standard InChI is InChI=1S/C10H20O3Si/c1-5-13-14(3,4)8-6-7-9(2)10(11)12/h7H,5-6,8H2,1-4H3,(H,11,12). The molecule has 0 unspecified atom stereocenters. The molecule has 14 heavy (non-hydrogen) atoms. The Morgan fingerprint density at radius 2 is 2.07 bits per heavy atom. The van der Waals surface area contributed by atoms with Gasteiger partial charge in [0.2, 0.25) is 0 Å². The van der Waals surface area contributed by atoms with E-state index in [2.05, 4.69) is 13.1 Å². The first kappa shape index (κ1) is 13.4. The van der Waals surface area contributed by atoms with Gasteiger partial charge in [-0.1, -0.05) is 6.08 Å². The van der Waals surface area contributed by atoms with Crippen LogP contribution in [0.25, 0.3) is 0 Å². The average molecular weight is 216 g/mol. The molecular formula is C10H20O3Si. The van der Waals surface area contributed by atoms with Crippen LogP contribution >= 0.6 is 0 Å². The zero-order valence-electron chi connectivity index (χ0n) is 9.46. The largest absolute Gasteiger partial charge is 0.478 e. The van der Waals surface area contributed by atoms with Crippen molar-refractivity contribution in [3.8, 4) is 0 Å². The van der Waals surface area contributed by atoms with E-state index in [4.69, 9.17) is 9.53 Å². The van der Waals surface area contributed by atoms with Gasteiger partial charge in [-0.3, -0.25) is 0 Å². The van der Waals surface area contributed by atoms with Crippen molar-refractivity contribution in [3.63, 3.8) is 0 Å². The van der Waals surface area contributed by atoms with Gasteiger partial charge in [-0.25, -0.2) is 4.79 Å². The fraction of sp³-hybridized carbons (Fsp3) is 0.700. The summed E-state index contributed by atoms with van der Waals surface area (Å²) in [5.41, 5.74) is 0.422. The summed E-state index contributed by atoms with van der Waals surface area (Å²) < 4.78 is 5.63. The summed E-state index contributed by atoms with van der Waals surface area (Å²) in [5, 5.41) is 8.63. The molecular weight excluding hydrogens is 196 g/mol. The van der Waals surface area contributed by atoms with E-state index in [1.807, 2.05) is 6.92 Å². The molecule has 0 aromatic heterocycles. The average Bonchev–Trinajstić information content (AvgIpc) is 2.03. The number of carboxylic acid groups (broad SMARTS) is 1. The molecule has 0 fully saturated rings. The van der Waals surface area contributed by atoms with Crippen molar-refractivity contribution in [2.75, 3.05) is 6.61 Å². The van der Waals surface area contributed by atoms with Crippen LogP contribution in [0.5, 0.6) is 0 Å². The molecule has 0 atom stereocenters. The van der Waals surface area contributed by atoms with Gasteiger partial charge in [0.25, 0.3) is 0 Å². The fourth-order valence-corrected chi connectivity index (χ4v) is 2.95. The lowest BCUT2D eigenvalue weighted by molar-refractivity contribution is -0.132. The fourth-order valence-electron chi connectivity index (χ4n) is 1.19. The molecule has 4 heteroatoms. The lowest BCUT2D eigenvalue weighted by Gasteiger charge is -2.20. The summed E-state index contributed by atoms with van der Waals surface area (Å²) in [7, 11) is -1.54. The van der Waals surface area contributed by atoms with E-state index in [0.717, 1.165) is 19.1 Å². The van der Waals surface area contributed by atoms with Crippen molar-refractivity contribution in [1.29, 1.82) is 0 Å². The second-order valence-electron chi connectivity index (χ2n) is 3.92. The molecule has 0 saturated carbocycles. The van der Waals surface area contributed by atoms with E-state index in [9.17, 15) is 4.79 Å². The third-order valence-electron chi connectivity index (χ3n) is 2.07. The maximum Gasteiger partial charge on any atom is 0.330 e. The number of carbonyl (C=O) groups is 1. The summed E-state index contributed by atoms with van der Waals surface area (Å²) in [6.07, 6.45) is 2.58. The molecule has 0 saturated heterocycles. The number of allylic oxidation sites excluding steroid dienone is 1. The van der Waals surface area contributed by atoms with Crippen LogP contribution in [0.15, 0.2) is 11.6 Å². The smallest absolute Gasteiger partial charge is 0.330 e. The first-order chi connectivity index (χ1) is 6.39. The van der Waals surface area contributed by atoms with E-state index >= 15 is 0 Å². The highest BCUT2D eigenvalue weighted by Gasteiger charge is 2.20. The first-order valence-electron chi connectivity index (χ1n) is 4.93. The van der Waals surface area contributed by atoms with Crippen molar-refractivity contribution >= 4 is 14.3 Å². The molecule has 3 nitrogen and oxygen atoms in total. The van der Waals surface area contributed by atoms with Crippen LogP contribution in [0.4, 0.5) is 0 Å². The van der Waals surface area contributed by atoms with Crippen molar-refractivity contribution in [2.45, 2.75) is 39.4 Å². The molecule has 0 aromatic rings. The Morgan fingerprint density at radius 1 is 1.50 bits per heavy atom. The van der Waals surface area contributed by atoms with E-state index in [-0.39, 0.29) is 0 Å². The SMILES string of the molecule is CCO[Si](C)(C)CCC=C(C)C(=O)O. The molecule has 1 N–H and O–H groups in total. The molecule has 0 aliphatic carbocycles. The van der Waals surface area contributed by atoms with Crippen LogP contribution in [-0.4, -0.2) is 26.0 Å². The summed E-state index contributed by atoms with van der Waals surface area (Å²) in [4.78, 5) is 10.5. The Hall–Kier alpha value is -0.613. The highest BCUT2D eigenvalue weighted by Crippen LogP contribution is 2.14. The van der Waals surface area contributed by atoms with Gasteiger partial charge in [0.05, 0.1) is 0 Å². The molecule has 0 aliphatic heterocycles. The third kappa shape index (κ3) is 5.94. The van der Waals surface area contributed by atoms with Crippen LogP contribution in [0.2, 0.25) is 19.1 Å². The summed E-state index contributed by atoms with van der Waals surface area (Å²) in [5.74, 6) is -0.833. The quantitative estimate of drug-likeness (QED) is 0.548. The minimum Gasteiger partial charge on any atom is -0.478 e. The van der Waals surface area contributed by atoms with Crippen LogP contribution in [0, 0.1) is 0 Å². The zero-order valence-corrected chi connectivity index (χ0v) is 10.5. The van der Waals surface area contributed by atoms with Gasteiger partial charge in [-0.05, 0) is 39.4 Å². The normalized spacial score (nSPS) is 13.0. The van der Waals surface area contributed by atoms with Gasteiger partial charge in [0.15, 0.2) is 8.32 Å². The predicted octanol–water partition coefficient (Wildman–Crippen LogP) is 2.65. The third-order valence-corrected chi connectivity index (χ3v) is 4.63. The Bertz CT molecular complexity index is 221. The monoisotopic (exact) mass is 216 g/mol. The van der Waals surface area contributed by atoms with Crippen molar-refractivity contribution in [3.05, 3.63) is 11.6 Å². The molecule has 0 rings (SSSR count). The number of aliphatic carboxylic acids is 1. The molecule has 82 valence electrons. The Labute approximate surface area is 86.9 Å². The van der Waals surface area contributed by atoms with E-state index in [0.29, 0.717) is 5.57 Å². The number of carboxylic acids is 1. The summed E-state index contributed by atoms with van der Waals surface area (Å²) in [6.45, 7) is 8.67. The number of rotatable bonds is 6. The lowest BCUT2D eigenvalue weighted by Crippen LogP contribution is -2.29. The topological polar surface area (TPSA) is 46.5 Å². The van der Waals surface area contributed by atoms with Crippen LogP contribution in [0.3, 0.4) is 0 Å². The Morgan fingerprint density at radius 3 is 2.50 bits per heavy atom. The van der Waals surface area contributed by atoms with Crippen LogP contribution in [0.1, 0.15) is 20.3 Å². The summed E-state index contributed by atoms with van der Waals surface area (Å²) in [6, 6.07) is 0.978. The first-order valence-corrected chi connectivity index (χ1v) is 8.04. The van der Waals surface area contributed by atoms with E-state index in [1.165, 1.54) is 0 Å². The molecule has 0 heterocycles. The minimum absolute atomic E-state index is 0.422. The number of hydrogen-bond donors (Lipinski definition) is 1. The zero-order chi connectivity index (χ0) is 11.2. The Balaban J connectivity index is 3.94. The van der Waals surface area contributed by atoms with Gasteiger partial charge < -0.3 is 9.53 Å². The highest BCUT2D eigenvalue weighted by molar-refractivity contribution is 6.71. The van der Waals surface area contributed by atoms with Gasteiger partial charge in [-0.2, -0.15) is 0 Å². The molecule has 0 spiro atoms. The molecule has 0 aliphatic rings. The van der Waals surface area contributed by atoms with E-state index in [1.54, 1.807) is 13.0 Å². The molecule has 0 bridgehead atoms. The maximum atomic E-state index is 10.5. The second kappa shape index (κ2) is 5.98. The summed E-state index contributed by atoms with van der Waals surface area (Å²) >= 11 is 0. The predicted molar refractivity (Wildman–Crippen MR) is 59.9 cm³/mol. The van der Waals surface area contributed by atoms with Crippen molar-refractivity contribution in [1.82, 2.24) is 0 Å². The minimum atomic E-state index is -1.54. The van der Waals surface area contributed by atoms with E-state index < -0.39 is 14.3 Å². The van der Waals surface area contributed by atoms with Gasteiger partial charge in [0, 0.05) is 12.2 Å². The van der Waals surface area contributed by atoms with Crippen molar-refractivity contribution in [2.24, 2.45) is 0 Å².